The van der Waals surface area contributed by atoms with Gasteiger partial charge in [0.1, 0.15) is 48.8 Å². The molecule has 0 aromatic carbocycles. The van der Waals surface area contributed by atoms with Gasteiger partial charge in [-0.25, -0.2) is 0 Å². The number of carbonyl (C=O) groups excluding carboxylic acids is 1. The van der Waals surface area contributed by atoms with Crippen LogP contribution in [0.5, 0.6) is 0 Å². The molecule has 0 aromatic rings. The number of hydrogen-bond acceptors (Lipinski definition) is 13. The number of carbonyl (C=O) groups is 1. The first kappa shape index (κ1) is 26.0. The first-order valence-corrected chi connectivity index (χ1v) is 8.66. The van der Waals surface area contributed by atoms with Crippen LogP contribution < -0.4 is 5.73 Å². The molecule has 172 valence electrons. The van der Waals surface area contributed by atoms with Gasteiger partial charge >= 0.3 is 0 Å². The van der Waals surface area contributed by atoms with Crippen LogP contribution in [0.2, 0.25) is 0 Å². The van der Waals surface area contributed by atoms with Crippen LogP contribution in [-0.4, -0.2) is 133 Å². The minimum Gasteiger partial charge on any atom is -0.394 e. The molecule has 14 heteroatoms. The van der Waals surface area contributed by atoms with Crippen molar-refractivity contribution in [2.24, 2.45) is 5.73 Å². The van der Waals surface area contributed by atoms with Crippen LogP contribution in [0.15, 0.2) is 0 Å². The van der Waals surface area contributed by atoms with Crippen LogP contribution in [0.3, 0.4) is 0 Å². The van der Waals surface area contributed by atoms with Crippen molar-refractivity contribution in [3.05, 3.63) is 0 Å². The summed E-state index contributed by atoms with van der Waals surface area (Å²) in [4.78, 5) is 9.67. The Bertz CT molecular complexity index is 520. The maximum absolute atomic E-state index is 10.00. The molecular formula is C15H29NO13. The van der Waals surface area contributed by atoms with Crippen molar-refractivity contribution < 1.29 is 65.0 Å². The van der Waals surface area contributed by atoms with E-state index in [0.717, 1.165) is 0 Å². The Balaban J connectivity index is 0.000000612. The van der Waals surface area contributed by atoms with E-state index in [0.29, 0.717) is 0 Å². The molecule has 10 atom stereocenters. The minimum atomic E-state index is -2.37. The SMILES string of the molecule is CC(O)C(N)=O.OC[C@H]1O[C@@H](O[C@@H]2[C@@H](CO)O[C@](O)(CO)[C@H]2O)[C@H](O)[C@@H](O)[C@H]1O. The summed E-state index contributed by atoms with van der Waals surface area (Å²) in [5.74, 6) is -3.05. The third-order valence-electron chi connectivity index (χ3n) is 4.45. The summed E-state index contributed by atoms with van der Waals surface area (Å²) in [5, 5.41) is 84.7. The van der Waals surface area contributed by atoms with Gasteiger partial charge in [-0.3, -0.25) is 4.79 Å². The highest BCUT2D eigenvalue weighted by atomic mass is 16.7. The monoisotopic (exact) mass is 431 g/mol. The molecule has 0 aromatic heterocycles. The largest absolute Gasteiger partial charge is 0.394 e. The predicted octanol–water partition coefficient (Wildman–Crippen LogP) is -6.54. The van der Waals surface area contributed by atoms with E-state index in [1.54, 1.807) is 0 Å². The molecule has 0 spiro atoms. The van der Waals surface area contributed by atoms with Gasteiger partial charge in [-0.15, -0.1) is 0 Å². The molecule has 11 N–H and O–H groups in total. The Hall–Kier alpha value is -1.01. The zero-order valence-electron chi connectivity index (χ0n) is 15.6. The van der Waals surface area contributed by atoms with Crippen LogP contribution in [0.4, 0.5) is 0 Å². The Morgan fingerprint density at radius 2 is 1.59 bits per heavy atom. The number of hydrogen-bond donors (Lipinski definition) is 10. The quantitative estimate of drug-likeness (QED) is 0.188. The molecule has 2 saturated heterocycles. The lowest BCUT2D eigenvalue weighted by Gasteiger charge is -2.41. The number of rotatable bonds is 6. The van der Waals surface area contributed by atoms with E-state index in [1.165, 1.54) is 6.92 Å². The maximum atomic E-state index is 10.00. The molecule has 14 nitrogen and oxygen atoms in total. The van der Waals surface area contributed by atoms with Gasteiger partial charge in [0.05, 0.1) is 19.8 Å². The zero-order chi connectivity index (χ0) is 22.5. The highest BCUT2D eigenvalue weighted by molar-refractivity contribution is 5.77. The Morgan fingerprint density at radius 1 is 1.07 bits per heavy atom. The fraction of sp³-hybridized carbons (Fsp3) is 0.933. The van der Waals surface area contributed by atoms with Crippen molar-refractivity contribution >= 4 is 5.91 Å². The third-order valence-corrected chi connectivity index (χ3v) is 4.45. The van der Waals surface area contributed by atoms with Gasteiger partial charge in [-0.2, -0.15) is 0 Å². The molecule has 0 saturated carbocycles. The minimum absolute atomic E-state index is 0.668. The summed E-state index contributed by atoms with van der Waals surface area (Å²) in [5.41, 5.74) is 4.55. The van der Waals surface area contributed by atoms with Crippen LogP contribution in [0.1, 0.15) is 6.92 Å². The summed E-state index contributed by atoms with van der Waals surface area (Å²) in [7, 11) is 0. The van der Waals surface area contributed by atoms with Gasteiger partial charge in [0.25, 0.3) is 0 Å². The highest BCUT2D eigenvalue weighted by Gasteiger charge is 2.56. The molecule has 2 aliphatic rings. The van der Waals surface area contributed by atoms with Crippen molar-refractivity contribution in [3.8, 4) is 0 Å². The smallest absolute Gasteiger partial charge is 0.245 e. The van der Waals surface area contributed by atoms with Crippen molar-refractivity contribution in [3.63, 3.8) is 0 Å². The van der Waals surface area contributed by atoms with Crippen molar-refractivity contribution in [2.45, 2.75) is 67.8 Å². The molecule has 0 aliphatic carbocycles. The molecule has 1 unspecified atom stereocenters. The lowest BCUT2D eigenvalue weighted by molar-refractivity contribution is -0.318. The Kier molecular flexibility index (Phi) is 9.74. The van der Waals surface area contributed by atoms with Crippen LogP contribution in [-0.2, 0) is 19.0 Å². The second-order valence-electron chi connectivity index (χ2n) is 6.66. The number of aliphatic hydroxyl groups excluding tert-OH is 8. The molecule has 0 bridgehead atoms. The standard InChI is InChI=1S/C12H22O11.C3H7NO2/c13-1-4-6(16)7(17)8(18)11(21-4)22-9-5(2-14)23-12(20,3-15)10(9)19;1-2(5)3(4)6/h4-11,13-20H,1-3H2;2,5H,1H3,(H2,4,6)/t4-,5-,6+,7+,8-,9-,10+,11+,12-;/m1./s1. The summed E-state index contributed by atoms with van der Waals surface area (Å²) in [6.45, 7) is -0.998. The van der Waals surface area contributed by atoms with Crippen molar-refractivity contribution in [1.29, 1.82) is 0 Å². The van der Waals surface area contributed by atoms with Crippen LogP contribution in [0, 0.1) is 0 Å². The zero-order valence-corrected chi connectivity index (χ0v) is 15.6. The van der Waals surface area contributed by atoms with Gasteiger partial charge in [-0.1, -0.05) is 0 Å². The molecule has 2 rings (SSSR count). The lowest BCUT2D eigenvalue weighted by Crippen LogP contribution is -2.60. The lowest BCUT2D eigenvalue weighted by atomic mass is 9.99. The summed E-state index contributed by atoms with van der Waals surface area (Å²) in [6.07, 6.45) is -13.2. The second-order valence-corrected chi connectivity index (χ2v) is 6.66. The van der Waals surface area contributed by atoms with E-state index in [2.05, 4.69) is 5.73 Å². The number of primary amides is 1. The number of ether oxygens (including phenoxy) is 3. The third kappa shape index (κ3) is 6.00. The number of nitrogens with two attached hydrogens (primary N) is 1. The van der Waals surface area contributed by atoms with Crippen LogP contribution in [0.25, 0.3) is 0 Å². The fourth-order valence-corrected chi connectivity index (χ4v) is 2.63. The topological polar surface area (TPSA) is 253 Å². The predicted molar refractivity (Wildman–Crippen MR) is 89.5 cm³/mol. The van der Waals surface area contributed by atoms with E-state index in [1.807, 2.05) is 0 Å². The summed E-state index contributed by atoms with van der Waals surface area (Å²) >= 11 is 0. The molecule has 29 heavy (non-hydrogen) atoms. The number of amides is 1. The first-order valence-electron chi connectivity index (χ1n) is 8.66. The molecule has 0 radical (unpaired) electrons. The maximum Gasteiger partial charge on any atom is 0.245 e. The van der Waals surface area contributed by atoms with E-state index in [4.69, 9.17) is 29.5 Å². The first-order chi connectivity index (χ1) is 13.4. The normalized spacial score (nSPS) is 43.4. The average molecular weight is 431 g/mol. The fourth-order valence-electron chi connectivity index (χ4n) is 2.63. The molecule has 2 fully saturated rings. The van der Waals surface area contributed by atoms with E-state index in [9.17, 15) is 35.4 Å². The summed E-state index contributed by atoms with van der Waals surface area (Å²) < 4.78 is 15.3. The molecule has 2 aliphatic heterocycles. The van der Waals surface area contributed by atoms with E-state index < -0.39 is 86.6 Å². The molecular weight excluding hydrogens is 402 g/mol. The van der Waals surface area contributed by atoms with Gasteiger partial charge in [0.2, 0.25) is 11.7 Å². The molecule has 2 heterocycles. The van der Waals surface area contributed by atoms with Crippen molar-refractivity contribution in [1.82, 2.24) is 0 Å². The summed E-state index contributed by atoms with van der Waals surface area (Å²) in [6, 6.07) is 0. The van der Waals surface area contributed by atoms with Gasteiger partial charge < -0.3 is 65.9 Å². The second kappa shape index (κ2) is 10.9. The Morgan fingerprint density at radius 3 is 2.00 bits per heavy atom. The van der Waals surface area contributed by atoms with Crippen LogP contribution >= 0.6 is 0 Å². The molecule has 1 amide bonds. The van der Waals surface area contributed by atoms with Gasteiger partial charge in [0.15, 0.2) is 6.29 Å². The van der Waals surface area contributed by atoms with Crippen molar-refractivity contribution in [2.75, 3.05) is 19.8 Å². The Labute approximate surface area is 165 Å². The van der Waals surface area contributed by atoms with Gasteiger partial charge in [0, 0.05) is 0 Å². The highest BCUT2D eigenvalue weighted by Crippen LogP contribution is 2.33. The van der Waals surface area contributed by atoms with E-state index >= 15 is 0 Å². The van der Waals surface area contributed by atoms with Gasteiger partial charge in [-0.05, 0) is 6.92 Å². The average Bonchev–Trinajstić information content (AvgIpc) is 2.93. The van der Waals surface area contributed by atoms with E-state index in [-0.39, 0.29) is 0 Å². The number of aliphatic hydroxyl groups is 9.